The lowest BCUT2D eigenvalue weighted by Crippen LogP contribution is -2.38. The van der Waals surface area contributed by atoms with Gasteiger partial charge in [-0.1, -0.05) is 6.07 Å². The van der Waals surface area contributed by atoms with Crippen LogP contribution < -0.4 is 4.74 Å². The minimum absolute atomic E-state index is 0.0909. The largest absolute Gasteiger partial charge is 0.477 e. The zero-order chi connectivity index (χ0) is 16.4. The Morgan fingerprint density at radius 1 is 1.35 bits per heavy atom. The van der Waals surface area contributed by atoms with Gasteiger partial charge in [0.1, 0.15) is 0 Å². The van der Waals surface area contributed by atoms with Crippen LogP contribution >= 0.6 is 0 Å². The molecule has 2 aliphatic rings. The monoisotopic (exact) mass is 316 g/mol. The Morgan fingerprint density at radius 3 is 2.78 bits per heavy atom. The van der Waals surface area contributed by atoms with Crippen LogP contribution in [0.3, 0.4) is 0 Å². The fourth-order valence-electron chi connectivity index (χ4n) is 3.27. The zero-order valence-electron chi connectivity index (χ0n) is 13.8. The molecule has 0 spiro atoms. The molecule has 3 rings (SSSR count). The summed E-state index contributed by atoms with van der Waals surface area (Å²) in [5.41, 5.74) is 2.25. The van der Waals surface area contributed by atoms with Crippen LogP contribution in [0.4, 0.5) is 0 Å². The Morgan fingerprint density at radius 2 is 2.09 bits per heavy atom. The van der Waals surface area contributed by atoms with E-state index >= 15 is 0 Å². The number of piperidine rings is 1. The van der Waals surface area contributed by atoms with Crippen molar-refractivity contribution >= 4 is 11.8 Å². The average Bonchev–Trinajstić information content (AvgIpc) is 3.01. The highest BCUT2D eigenvalue weighted by Crippen LogP contribution is 2.30. The molecule has 0 saturated carbocycles. The van der Waals surface area contributed by atoms with Crippen LogP contribution in [0.25, 0.3) is 0 Å². The summed E-state index contributed by atoms with van der Waals surface area (Å²) in [6.07, 6.45) is 2.73. The lowest BCUT2D eigenvalue weighted by Gasteiger charge is -2.35. The maximum atomic E-state index is 7.92. The number of nitrogens with one attached hydrogen (secondary N) is 2. The standard InChI is InChI=1S/C17H24N4O2/c1-11(15-4-3-14-7-10-22-17(14)20-15)21-8-5-13(6-9-21)16(19)23-12(2)18/h3-4,11,13,18-19H,5-10H2,1-2H3. The van der Waals surface area contributed by atoms with Crippen molar-refractivity contribution in [3.05, 3.63) is 23.4 Å². The second kappa shape index (κ2) is 6.66. The van der Waals surface area contributed by atoms with Gasteiger partial charge in [-0.25, -0.2) is 4.98 Å². The maximum Gasteiger partial charge on any atom is 0.216 e. The normalized spacial score (nSPS) is 19.7. The Balaban J connectivity index is 1.59. The number of aromatic nitrogens is 1. The summed E-state index contributed by atoms with van der Waals surface area (Å²) in [4.78, 5) is 7.06. The first-order chi connectivity index (χ1) is 11.0. The number of pyridine rings is 1. The van der Waals surface area contributed by atoms with Gasteiger partial charge in [-0.05, 0) is 38.9 Å². The maximum absolute atomic E-state index is 7.92. The number of ether oxygens (including phenoxy) is 2. The van der Waals surface area contributed by atoms with Gasteiger partial charge in [-0.15, -0.1) is 0 Å². The predicted molar refractivity (Wildman–Crippen MR) is 88.4 cm³/mol. The topological polar surface area (TPSA) is 82.3 Å². The summed E-state index contributed by atoms with van der Waals surface area (Å²) >= 11 is 0. The molecule has 1 aromatic rings. The quantitative estimate of drug-likeness (QED) is 0.663. The van der Waals surface area contributed by atoms with Gasteiger partial charge in [-0.3, -0.25) is 15.7 Å². The molecule has 0 aliphatic carbocycles. The molecule has 1 aromatic heterocycles. The molecule has 6 heteroatoms. The fraction of sp³-hybridized carbons (Fsp3) is 0.588. The number of hydrogen-bond acceptors (Lipinski definition) is 6. The van der Waals surface area contributed by atoms with E-state index in [1.54, 1.807) is 6.92 Å². The van der Waals surface area contributed by atoms with Crippen LogP contribution in [0.2, 0.25) is 0 Å². The first-order valence-electron chi connectivity index (χ1n) is 8.22. The molecule has 6 nitrogen and oxygen atoms in total. The molecule has 0 aromatic carbocycles. The molecule has 124 valence electrons. The molecule has 23 heavy (non-hydrogen) atoms. The van der Waals surface area contributed by atoms with Gasteiger partial charge in [0.05, 0.1) is 12.3 Å². The van der Waals surface area contributed by atoms with E-state index in [9.17, 15) is 0 Å². The molecule has 2 N–H and O–H groups in total. The van der Waals surface area contributed by atoms with E-state index in [0.29, 0.717) is 0 Å². The van der Waals surface area contributed by atoms with Gasteiger partial charge in [-0.2, -0.15) is 0 Å². The predicted octanol–water partition coefficient (Wildman–Crippen LogP) is 2.78. The zero-order valence-corrected chi connectivity index (χ0v) is 13.8. The molecule has 0 radical (unpaired) electrons. The highest BCUT2D eigenvalue weighted by atomic mass is 16.5. The van der Waals surface area contributed by atoms with Crippen molar-refractivity contribution in [2.45, 2.75) is 39.2 Å². The van der Waals surface area contributed by atoms with E-state index in [4.69, 9.17) is 20.3 Å². The lowest BCUT2D eigenvalue weighted by molar-refractivity contribution is 0.151. The Bertz CT molecular complexity index is 609. The van der Waals surface area contributed by atoms with E-state index in [1.165, 1.54) is 5.56 Å². The number of rotatable bonds is 3. The Hall–Kier alpha value is -1.95. The fourth-order valence-corrected chi connectivity index (χ4v) is 3.27. The third kappa shape index (κ3) is 3.52. The molecular formula is C17H24N4O2. The Labute approximate surface area is 136 Å². The summed E-state index contributed by atoms with van der Waals surface area (Å²) in [5, 5.41) is 15.3. The van der Waals surface area contributed by atoms with E-state index in [-0.39, 0.29) is 23.8 Å². The van der Waals surface area contributed by atoms with Crippen LogP contribution in [0.1, 0.15) is 44.0 Å². The molecule has 0 amide bonds. The van der Waals surface area contributed by atoms with Crippen LogP contribution in [-0.4, -0.2) is 41.4 Å². The molecule has 1 atom stereocenters. The first-order valence-corrected chi connectivity index (χ1v) is 8.22. The average molecular weight is 316 g/mol. The third-order valence-corrected chi connectivity index (χ3v) is 4.71. The van der Waals surface area contributed by atoms with E-state index in [1.807, 2.05) is 0 Å². The molecule has 2 aliphatic heterocycles. The van der Waals surface area contributed by atoms with Crippen molar-refractivity contribution in [1.82, 2.24) is 9.88 Å². The van der Waals surface area contributed by atoms with Crippen molar-refractivity contribution in [3.8, 4) is 5.88 Å². The smallest absolute Gasteiger partial charge is 0.216 e. The van der Waals surface area contributed by atoms with Crippen LogP contribution in [0.5, 0.6) is 5.88 Å². The van der Waals surface area contributed by atoms with E-state index in [0.717, 1.165) is 50.5 Å². The molecule has 0 bridgehead atoms. The van der Waals surface area contributed by atoms with E-state index < -0.39 is 0 Å². The lowest BCUT2D eigenvalue weighted by atomic mass is 9.95. The Kier molecular flexibility index (Phi) is 4.61. The van der Waals surface area contributed by atoms with Gasteiger partial charge in [0.25, 0.3) is 0 Å². The third-order valence-electron chi connectivity index (χ3n) is 4.71. The SMILES string of the molecule is CC(=N)OC(=N)C1CCN(C(C)c2ccc3c(n2)OCC3)CC1. The summed E-state index contributed by atoms with van der Waals surface area (Å²) in [7, 11) is 0. The highest BCUT2D eigenvalue weighted by Gasteiger charge is 2.28. The van der Waals surface area contributed by atoms with Gasteiger partial charge >= 0.3 is 0 Å². The van der Waals surface area contributed by atoms with E-state index in [2.05, 4.69) is 28.9 Å². The van der Waals surface area contributed by atoms with Gasteiger partial charge in [0.2, 0.25) is 5.88 Å². The van der Waals surface area contributed by atoms with Crippen LogP contribution in [0.15, 0.2) is 12.1 Å². The summed E-state index contributed by atoms with van der Waals surface area (Å²) in [6.45, 7) is 6.30. The second-order valence-corrected chi connectivity index (χ2v) is 6.31. The molecule has 1 saturated heterocycles. The number of fused-ring (bicyclic) bond motifs is 1. The molecule has 3 heterocycles. The second-order valence-electron chi connectivity index (χ2n) is 6.31. The summed E-state index contributed by atoms with van der Waals surface area (Å²) in [5.74, 6) is 1.23. The first kappa shape index (κ1) is 15.9. The number of hydrogen-bond donors (Lipinski definition) is 2. The van der Waals surface area contributed by atoms with Crippen molar-refractivity contribution in [3.63, 3.8) is 0 Å². The molecule has 1 unspecified atom stereocenters. The number of likely N-dealkylation sites (tertiary alicyclic amines) is 1. The van der Waals surface area contributed by atoms with Gasteiger partial charge in [0, 0.05) is 30.9 Å². The number of nitrogens with zero attached hydrogens (tertiary/aromatic N) is 2. The summed E-state index contributed by atoms with van der Waals surface area (Å²) in [6, 6.07) is 4.48. The molecular weight excluding hydrogens is 292 g/mol. The van der Waals surface area contributed by atoms with Crippen molar-refractivity contribution in [2.24, 2.45) is 5.92 Å². The van der Waals surface area contributed by atoms with Gasteiger partial charge in [0.15, 0.2) is 11.8 Å². The summed E-state index contributed by atoms with van der Waals surface area (Å²) < 4.78 is 10.7. The minimum Gasteiger partial charge on any atom is -0.477 e. The van der Waals surface area contributed by atoms with Crippen LogP contribution in [-0.2, 0) is 11.2 Å². The van der Waals surface area contributed by atoms with Gasteiger partial charge < -0.3 is 9.47 Å². The van der Waals surface area contributed by atoms with Crippen molar-refractivity contribution < 1.29 is 9.47 Å². The van der Waals surface area contributed by atoms with Crippen molar-refractivity contribution in [1.29, 1.82) is 10.8 Å². The van der Waals surface area contributed by atoms with Crippen LogP contribution in [0, 0.1) is 16.7 Å². The van der Waals surface area contributed by atoms with Crippen molar-refractivity contribution in [2.75, 3.05) is 19.7 Å². The molecule has 1 fully saturated rings. The highest BCUT2D eigenvalue weighted by molar-refractivity contribution is 5.88. The minimum atomic E-state index is 0.0909.